The third-order valence-corrected chi connectivity index (χ3v) is 10.1. The molecule has 1 aliphatic rings. The Morgan fingerprint density at radius 1 is 1.06 bits per heavy atom. The minimum atomic E-state index is -3.76. The summed E-state index contributed by atoms with van der Waals surface area (Å²) < 4.78 is 67.2. The average Bonchev–Trinajstić information content (AvgIpc) is 2.74. The third-order valence-electron chi connectivity index (χ3n) is 7.23. The molecule has 0 heterocycles. The summed E-state index contributed by atoms with van der Waals surface area (Å²) in [6.45, 7) is 4.81. The Bertz CT molecular complexity index is 1080. The molecule has 0 radical (unpaired) electrons. The highest BCUT2D eigenvalue weighted by molar-refractivity contribution is 7.92. The van der Waals surface area contributed by atoms with Crippen LogP contribution in [0.25, 0.3) is 0 Å². The maximum Gasteiger partial charge on any atom is 0.273 e. The van der Waals surface area contributed by atoms with Crippen LogP contribution < -0.4 is 0 Å². The zero-order chi connectivity index (χ0) is 24.4. The first kappa shape index (κ1) is 26.1. The molecular weight excluding hydrogens is 469 g/mol. The fraction of sp³-hybridized carbons (Fsp3) is 0.538. The molecule has 3 rings (SSSR count). The zero-order valence-electron chi connectivity index (χ0n) is 19.4. The Labute approximate surface area is 200 Å². The summed E-state index contributed by atoms with van der Waals surface area (Å²) in [6, 6.07) is 10.0. The van der Waals surface area contributed by atoms with Gasteiger partial charge in [0.1, 0.15) is 5.82 Å². The molecule has 0 aromatic heterocycles. The molecule has 0 saturated heterocycles. The number of alkyl halides is 2. The first-order valence-corrected chi connectivity index (χ1v) is 13.4. The van der Waals surface area contributed by atoms with E-state index in [0.717, 1.165) is 50.2 Å². The highest BCUT2D eigenvalue weighted by atomic mass is 35.5. The van der Waals surface area contributed by atoms with Gasteiger partial charge < -0.3 is 0 Å². The van der Waals surface area contributed by atoms with Crippen LogP contribution in [0.4, 0.5) is 13.2 Å². The van der Waals surface area contributed by atoms with Crippen molar-refractivity contribution in [3.05, 3.63) is 64.4 Å². The molecule has 182 valence electrons. The second-order valence-corrected chi connectivity index (χ2v) is 12.7. The van der Waals surface area contributed by atoms with E-state index in [4.69, 9.17) is 11.6 Å². The second-order valence-electron chi connectivity index (χ2n) is 9.72. The van der Waals surface area contributed by atoms with Gasteiger partial charge >= 0.3 is 0 Å². The lowest BCUT2D eigenvalue weighted by molar-refractivity contribution is -0.00849. The lowest BCUT2D eigenvalue weighted by atomic mass is 9.67. The van der Waals surface area contributed by atoms with Gasteiger partial charge in [-0.2, -0.15) is 0 Å². The number of benzene rings is 2. The first-order chi connectivity index (χ1) is 15.4. The fourth-order valence-electron chi connectivity index (χ4n) is 4.61. The molecular formula is C26H32ClF3O2S. The van der Waals surface area contributed by atoms with Gasteiger partial charge in [0, 0.05) is 12.0 Å². The second kappa shape index (κ2) is 9.99. The first-order valence-electron chi connectivity index (χ1n) is 11.6. The van der Waals surface area contributed by atoms with Crippen LogP contribution in [0.2, 0.25) is 5.02 Å². The quantitative estimate of drug-likeness (QED) is 0.310. The molecule has 33 heavy (non-hydrogen) atoms. The van der Waals surface area contributed by atoms with E-state index in [2.05, 4.69) is 0 Å². The van der Waals surface area contributed by atoms with Gasteiger partial charge in [0.2, 0.25) is 0 Å². The van der Waals surface area contributed by atoms with Crippen LogP contribution in [0.15, 0.2) is 47.4 Å². The Morgan fingerprint density at radius 2 is 1.76 bits per heavy atom. The van der Waals surface area contributed by atoms with Crippen molar-refractivity contribution in [1.82, 2.24) is 0 Å². The van der Waals surface area contributed by atoms with Crippen LogP contribution in [-0.2, 0) is 22.2 Å². The molecule has 2 aromatic carbocycles. The van der Waals surface area contributed by atoms with Gasteiger partial charge in [0.05, 0.1) is 14.7 Å². The smallest absolute Gasteiger partial charge is 0.223 e. The van der Waals surface area contributed by atoms with Crippen LogP contribution >= 0.6 is 11.6 Å². The van der Waals surface area contributed by atoms with E-state index in [-0.39, 0.29) is 27.8 Å². The van der Waals surface area contributed by atoms with Crippen molar-refractivity contribution >= 4 is 21.4 Å². The minimum Gasteiger partial charge on any atom is -0.223 e. The lowest BCUT2D eigenvalue weighted by Crippen LogP contribution is -2.46. The van der Waals surface area contributed by atoms with E-state index in [1.54, 1.807) is 26.0 Å². The number of sulfone groups is 1. The van der Waals surface area contributed by atoms with Crippen molar-refractivity contribution in [1.29, 1.82) is 0 Å². The number of hydrogen-bond acceptors (Lipinski definition) is 2. The molecule has 2 nitrogen and oxygen atoms in total. The number of halogens is 4. The molecule has 1 aliphatic carbocycles. The topological polar surface area (TPSA) is 34.1 Å². The van der Waals surface area contributed by atoms with E-state index < -0.39 is 26.3 Å². The van der Waals surface area contributed by atoms with Gasteiger partial charge in [0.25, 0.3) is 5.92 Å². The molecule has 0 N–H and O–H groups in total. The molecule has 0 atom stereocenters. The van der Waals surface area contributed by atoms with Gasteiger partial charge in [-0.1, -0.05) is 49.6 Å². The predicted molar refractivity (Wildman–Crippen MR) is 127 cm³/mol. The molecule has 0 unspecified atom stereocenters. The average molecular weight is 501 g/mol. The van der Waals surface area contributed by atoms with Crippen molar-refractivity contribution in [3.8, 4) is 0 Å². The molecule has 7 heteroatoms. The Kier molecular flexibility index (Phi) is 7.89. The molecule has 2 aromatic rings. The highest BCUT2D eigenvalue weighted by Gasteiger charge is 2.48. The minimum absolute atomic E-state index is 0.00116. The largest absolute Gasteiger partial charge is 0.273 e. The van der Waals surface area contributed by atoms with Gasteiger partial charge in [-0.15, -0.1) is 0 Å². The standard InChI is InChI=1S/C26H32ClF3O2S/c1-4-26(29,30)20-10-7-11-22(17-20)33(31,32)25(2,3)21-14-19(15-21)9-6-5-8-18-12-13-24(28)23(27)16-18/h7,10-13,16-17,19,21H,4-6,8-9,14-15H2,1-3H3. The third kappa shape index (κ3) is 5.59. The van der Waals surface area contributed by atoms with Gasteiger partial charge in [0.15, 0.2) is 9.84 Å². The number of hydrogen-bond donors (Lipinski definition) is 0. The normalized spacial score (nSPS) is 19.4. The summed E-state index contributed by atoms with van der Waals surface area (Å²) in [7, 11) is -3.76. The number of rotatable bonds is 10. The molecule has 0 amide bonds. The van der Waals surface area contributed by atoms with Gasteiger partial charge in [-0.05, 0) is 81.2 Å². The molecule has 1 saturated carbocycles. The summed E-state index contributed by atoms with van der Waals surface area (Å²) >= 11 is 5.83. The van der Waals surface area contributed by atoms with Crippen molar-refractivity contribution < 1.29 is 21.6 Å². The van der Waals surface area contributed by atoms with Gasteiger partial charge in [-0.3, -0.25) is 0 Å². The van der Waals surface area contributed by atoms with Crippen molar-refractivity contribution in [2.24, 2.45) is 11.8 Å². The monoisotopic (exact) mass is 500 g/mol. The van der Waals surface area contributed by atoms with E-state index >= 15 is 0 Å². The molecule has 1 fully saturated rings. The number of aryl methyl sites for hydroxylation is 1. The Balaban J connectivity index is 1.54. The Hall–Kier alpha value is -1.53. The molecule has 0 aliphatic heterocycles. The van der Waals surface area contributed by atoms with Crippen LogP contribution in [0.5, 0.6) is 0 Å². The van der Waals surface area contributed by atoms with Crippen molar-refractivity contribution in [2.45, 2.75) is 81.3 Å². The van der Waals surface area contributed by atoms with E-state index in [1.165, 1.54) is 31.2 Å². The molecule has 0 spiro atoms. The SMILES string of the molecule is CCC(F)(F)c1cccc(S(=O)(=O)C(C)(C)C2CC(CCCCc3ccc(F)c(Cl)c3)C2)c1. The van der Waals surface area contributed by atoms with E-state index in [9.17, 15) is 21.6 Å². The Morgan fingerprint density at radius 3 is 2.39 bits per heavy atom. The highest BCUT2D eigenvalue weighted by Crippen LogP contribution is 2.48. The summed E-state index contributed by atoms with van der Waals surface area (Å²) in [6.07, 6.45) is 5.07. The van der Waals surface area contributed by atoms with Crippen LogP contribution in [0.3, 0.4) is 0 Å². The van der Waals surface area contributed by atoms with E-state index in [0.29, 0.717) is 5.92 Å². The van der Waals surface area contributed by atoms with Crippen LogP contribution in [0, 0.1) is 17.7 Å². The fourth-order valence-corrected chi connectivity index (χ4v) is 6.60. The zero-order valence-corrected chi connectivity index (χ0v) is 21.0. The summed E-state index contributed by atoms with van der Waals surface area (Å²) in [5.74, 6) is -2.99. The summed E-state index contributed by atoms with van der Waals surface area (Å²) in [5, 5.41) is 0.140. The predicted octanol–water partition coefficient (Wildman–Crippen LogP) is 7.97. The maximum atomic E-state index is 14.1. The summed E-state index contributed by atoms with van der Waals surface area (Å²) in [4.78, 5) is -0.0282. The summed E-state index contributed by atoms with van der Waals surface area (Å²) in [5.41, 5.74) is 0.756. The lowest BCUT2D eigenvalue weighted by Gasteiger charge is -2.45. The van der Waals surface area contributed by atoms with Crippen LogP contribution in [-0.4, -0.2) is 13.2 Å². The molecule has 0 bridgehead atoms. The van der Waals surface area contributed by atoms with E-state index in [1.807, 2.05) is 0 Å². The van der Waals surface area contributed by atoms with Crippen LogP contribution in [0.1, 0.15) is 70.4 Å². The number of unbranched alkanes of at least 4 members (excludes halogenated alkanes) is 1. The van der Waals surface area contributed by atoms with Gasteiger partial charge in [-0.25, -0.2) is 21.6 Å². The van der Waals surface area contributed by atoms with Crippen molar-refractivity contribution in [3.63, 3.8) is 0 Å². The van der Waals surface area contributed by atoms with Crippen molar-refractivity contribution in [2.75, 3.05) is 0 Å². The maximum absolute atomic E-state index is 14.1.